The maximum atomic E-state index is 5.90. The first kappa shape index (κ1) is 13.3. The van der Waals surface area contributed by atoms with E-state index in [2.05, 4.69) is 22.5 Å². The molecule has 0 saturated carbocycles. The average Bonchev–Trinajstić information content (AvgIpc) is 2.19. The molecule has 2 N–H and O–H groups in total. The van der Waals surface area contributed by atoms with E-state index in [1.165, 1.54) is 0 Å². The highest BCUT2D eigenvalue weighted by molar-refractivity contribution is 9.10. The highest BCUT2D eigenvalue weighted by Gasteiger charge is 2.08. The van der Waals surface area contributed by atoms with E-state index >= 15 is 0 Å². The van der Waals surface area contributed by atoms with Crippen molar-refractivity contribution in [3.63, 3.8) is 0 Å². The Hall–Kier alpha value is -0.800. The van der Waals surface area contributed by atoms with Gasteiger partial charge in [0.05, 0.1) is 6.61 Å². The molecule has 0 spiro atoms. The Bertz CT molecular complexity index is 374. The van der Waals surface area contributed by atoms with E-state index in [0.29, 0.717) is 6.61 Å². The summed E-state index contributed by atoms with van der Waals surface area (Å²) in [7, 11) is 0. The average molecular weight is 284 g/mol. The maximum Gasteiger partial charge on any atom is 0.124 e. The Morgan fingerprint density at radius 2 is 2.25 bits per heavy atom. The molecule has 0 aliphatic carbocycles. The van der Waals surface area contributed by atoms with Crippen molar-refractivity contribution in [2.24, 2.45) is 5.73 Å². The van der Waals surface area contributed by atoms with E-state index in [1.54, 1.807) is 0 Å². The van der Waals surface area contributed by atoms with Crippen molar-refractivity contribution in [3.8, 4) is 5.75 Å². The monoisotopic (exact) mass is 283 g/mol. The van der Waals surface area contributed by atoms with Gasteiger partial charge in [0.1, 0.15) is 5.75 Å². The lowest BCUT2D eigenvalue weighted by atomic mass is 10.1. The van der Waals surface area contributed by atoms with Crippen molar-refractivity contribution in [1.82, 2.24) is 0 Å². The Morgan fingerprint density at radius 1 is 1.56 bits per heavy atom. The van der Waals surface area contributed by atoms with Crippen LogP contribution in [0.1, 0.15) is 31.9 Å². The SMILES string of the molecule is C=C(C)CCOc1ccc(Br)cc1C(C)N. The van der Waals surface area contributed by atoms with Gasteiger partial charge in [0, 0.05) is 22.5 Å². The van der Waals surface area contributed by atoms with Crippen molar-refractivity contribution < 1.29 is 4.74 Å². The van der Waals surface area contributed by atoms with E-state index in [9.17, 15) is 0 Å². The molecule has 1 atom stereocenters. The lowest BCUT2D eigenvalue weighted by Crippen LogP contribution is -2.08. The second-order valence-corrected chi connectivity index (χ2v) is 4.94. The van der Waals surface area contributed by atoms with Crippen molar-refractivity contribution in [1.29, 1.82) is 0 Å². The van der Waals surface area contributed by atoms with Gasteiger partial charge in [-0.15, -0.1) is 6.58 Å². The standard InChI is InChI=1S/C13H18BrNO/c1-9(2)6-7-16-13-5-4-11(14)8-12(13)10(3)15/h4-5,8,10H,1,6-7,15H2,2-3H3. The van der Waals surface area contributed by atoms with E-state index in [1.807, 2.05) is 32.0 Å². The molecule has 0 heterocycles. The van der Waals surface area contributed by atoms with Gasteiger partial charge in [-0.2, -0.15) is 0 Å². The molecular formula is C13H18BrNO. The maximum absolute atomic E-state index is 5.90. The minimum atomic E-state index is -0.0303. The zero-order chi connectivity index (χ0) is 12.1. The van der Waals surface area contributed by atoms with Gasteiger partial charge in [-0.3, -0.25) is 0 Å². The molecule has 0 fully saturated rings. The van der Waals surface area contributed by atoms with Crippen molar-refractivity contribution in [3.05, 3.63) is 40.4 Å². The van der Waals surface area contributed by atoms with Gasteiger partial charge in [0.15, 0.2) is 0 Å². The summed E-state index contributed by atoms with van der Waals surface area (Å²) in [4.78, 5) is 0. The molecule has 0 amide bonds. The third-order valence-electron chi connectivity index (χ3n) is 2.25. The number of hydrogen-bond acceptors (Lipinski definition) is 2. The predicted molar refractivity (Wildman–Crippen MR) is 71.7 cm³/mol. The normalized spacial score (nSPS) is 12.2. The zero-order valence-electron chi connectivity index (χ0n) is 9.79. The van der Waals surface area contributed by atoms with Crippen molar-refractivity contribution in [2.75, 3.05) is 6.61 Å². The largest absolute Gasteiger partial charge is 0.493 e. The van der Waals surface area contributed by atoms with E-state index < -0.39 is 0 Å². The van der Waals surface area contributed by atoms with Gasteiger partial charge in [-0.1, -0.05) is 21.5 Å². The molecule has 16 heavy (non-hydrogen) atoms. The number of nitrogens with two attached hydrogens (primary N) is 1. The van der Waals surface area contributed by atoms with Crippen LogP contribution in [0.3, 0.4) is 0 Å². The third-order valence-corrected chi connectivity index (χ3v) is 2.74. The van der Waals surface area contributed by atoms with Crippen LogP contribution in [0.4, 0.5) is 0 Å². The second kappa shape index (κ2) is 6.06. The van der Waals surface area contributed by atoms with Gasteiger partial charge in [-0.25, -0.2) is 0 Å². The molecule has 0 saturated heterocycles. The first-order valence-corrected chi connectivity index (χ1v) is 6.12. The fourth-order valence-corrected chi connectivity index (χ4v) is 1.72. The summed E-state index contributed by atoms with van der Waals surface area (Å²) >= 11 is 3.43. The molecule has 0 bridgehead atoms. The minimum Gasteiger partial charge on any atom is -0.493 e. The highest BCUT2D eigenvalue weighted by atomic mass is 79.9. The lowest BCUT2D eigenvalue weighted by Gasteiger charge is -2.14. The van der Waals surface area contributed by atoms with Crippen LogP contribution in [-0.2, 0) is 0 Å². The fourth-order valence-electron chi connectivity index (χ4n) is 1.34. The number of halogens is 1. The topological polar surface area (TPSA) is 35.2 Å². The Labute approximate surface area is 106 Å². The first-order chi connectivity index (χ1) is 7.50. The third kappa shape index (κ3) is 3.99. The van der Waals surface area contributed by atoms with Crippen LogP contribution in [0.5, 0.6) is 5.75 Å². The summed E-state index contributed by atoms with van der Waals surface area (Å²) in [5, 5.41) is 0. The van der Waals surface area contributed by atoms with Gasteiger partial charge in [0.25, 0.3) is 0 Å². The quantitative estimate of drug-likeness (QED) is 0.834. The molecule has 1 unspecified atom stereocenters. The molecule has 1 rings (SSSR count). The molecule has 88 valence electrons. The molecule has 1 aromatic rings. The summed E-state index contributed by atoms with van der Waals surface area (Å²) in [6.45, 7) is 8.44. The van der Waals surface area contributed by atoms with Crippen LogP contribution < -0.4 is 10.5 Å². The van der Waals surface area contributed by atoms with Crippen LogP contribution in [0.25, 0.3) is 0 Å². The Morgan fingerprint density at radius 3 is 2.81 bits per heavy atom. The summed E-state index contributed by atoms with van der Waals surface area (Å²) < 4.78 is 6.72. The van der Waals surface area contributed by atoms with Crippen LogP contribution in [-0.4, -0.2) is 6.61 Å². The van der Waals surface area contributed by atoms with E-state index in [-0.39, 0.29) is 6.04 Å². The lowest BCUT2D eigenvalue weighted by molar-refractivity contribution is 0.317. The molecule has 0 aliphatic rings. The predicted octanol–water partition coefficient (Wildman–Crippen LogP) is 3.81. The molecule has 0 aliphatic heterocycles. The van der Waals surface area contributed by atoms with Crippen LogP contribution >= 0.6 is 15.9 Å². The Kier molecular flexibility index (Phi) is 5.03. The molecule has 0 aromatic heterocycles. The first-order valence-electron chi connectivity index (χ1n) is 5.33. The van der Waals surface area contributed by atoms with Crippen molar-refractivity contribution in [2.45, 2.75) is 26.3 Å². The van der Waals surface area contributed by atoms with Crippen LogP contribution in [0, 0.1) is 0 Å². The molecule has 2 nitrogen and oxygen atoms in total. The van der Waals surface area contributed by atoms with E-state index in [4.69, 9.17) is 10.5 Å². The molecular weight excluding hydrogens is 266 g/mol. The number of ether oxygens (including phenoxy) is 1. The summed E-state index contributed by atoms with van der Waals surface area (Å²) in [6.07, 6.45) is 0.870. The smallest absolute Gasteiger partial charge is 0.124 e. The summed E-state index contributed by atoms with van der Waals surface area (Å²) in [5.74, 6) is 0.861. The zero-order valence-corrected chi connectivity index (χ0v) is 11.4. The van der Waals surface area contributed by atoms with Crippen LogP contribution in [0.2, 0.25) is 0 Å². The minimum absolute atomic E-state index is 0.0303. The molecule has 3 heteroatoms. The number of rotatable bonds is 5. The van der Waals surface area contributed by atoms with Gasteiger partial charge >= 0.3 is 0 Å². The van der Waals surface area contributed by atoms with E-state index in [0.717, 1.165) is 27.8 Å². The van der Waals surface area contributed by atoms with Crippen molar-refractivity contribution >= 4 is 15.9 Å². The number of hydrogen-bond donors (Lipinski definition) is 1. The highest BCUT2D eigenvalue weighted by Crippen LogP contribution is 2.27. The molecule has 1 aromatic carbocycles. The fraction of sp³-hybridized carbons (Fsp3) is 0.385. The summed E-state index contributed by atoms with van der Waals surface area (Å²) in [5.41, 5.74) is 8.05. The van der Waals surface area contributed by atoms with Gasteiger partial charge in [0.2, 0.25) is 0 Å². The number of benzene rings is 1. The second-order valence-electron chi connectivity index (χ2n) is 4.03. The Balaban J connectivity index is 2.74. The van der Waals surface area contributed by atoms with Gasteiger partial charge in [-0.05, 0) is 32.0 Å². The molecule has 0 radical (unpaired) electrons. The van der Waals surface area contributed by atoms with Gasteiger partial charge < -0.3 is 10.5 Å². The van der Waals surface area contributed by atoms with Crippen LogP contribution in [0.15, 0.2) is 34.8 Å². The summed E-state index contributed by atoms with van der Waals surface area (Å²) in [6, 6.07) is 5.88.